The fourth-order valence-corrected chi connectivity index (χ4v) is 3.60. The Labute approximate surface area is 178 Å². The Balaban J connectivity index is 1.53. The quantitative estimate of drug-likeness (QED) is 0.412. The van der Waals surface area contributed by atoms with Crippen molar-refractivity contribution in [1.82, 2.24) is 19.7 Å². The minimum Gasteiger partial charge on any atom is -0.435 e. The molecule has 0 bridgehead atoms. The van der Waals surface area contributed by atoms with Gasteiger partial charge < -0.3 is 9.64 Å². The van der Waals surface area contributed by atoms with Crippen LogP contribution in [0.3, 0.4) is 0 Å². The number of nitrogens with zero attached hydrogens (tertiary/aromatic N) is 5. The van der Waals surface area contributed by atoms with Crippen LogP contribution in [0.4, 0.5) is 20.3 Å². The van der Waals surface area contributed by atoms with Gasteiger partial charge in [0.25, 0.3) is 0 Å². The van der Waals surface area contributed by atoms with Crippen LogP contribution in [0.5, 0.6) is 5.75 Å². The molecule has 1 fully saturated rings. The Morgan fingerprint density at radius 3 is 2.71 bits per heavy atom. The zero-order valence-electron chi connectivity index (χ0n) is 16.9. The molecule has 1 saturated carbocycles. The fraction of sp³-hybridized carbons (Fsp3) is 0.261. The van der Waals surface area contributed by atoms with Gasteiger partial charge in [0.15, 0.2) is 5.82 Å². The first kappa shape index (κ1) is 19.4. The summed E-state index contributed by atoms with van der Waals surface area (Å²) in [5.41, 5.74) is 4.32. The number of hydrogen-bond donors (Lipinski definition) is 0. The number of ether oxygens (including phenoxy) is 1. The van der Waals surface area contributed by atoms with Gasteiger partial charge in [-0.2, -0.15) is 13.9 Å². The van der Waals surface area contributed by atoms with Crippen LogP contribution >= 0.6 is 0 Å². The highest BCUT2D eigenvalue weighted by atomic mass is 19.3. The Kier molecular flexibility index (Phi) is 4.97. The molecule has 2 aromatic carbocycles. The lowest BCUT2D eigenvalue weighted by atomic mass is 10.1. The third-order valence-electron chi connectivity index (χ3n) is 5.34. The molecule has 2 aromatic heterocycles. The summed E-state index contributed by atoms with van der Waals surface area (Å²) in [6.07, 6.45) is 7.79. The van der Waals surface area contributed by atoms with Gasteiger partial charge in [0.1, 0.15) is 5.75 Å². The molecule has 31 heavy (non-hydrogen) atoms. The smallest absolute Gasteiger partial charge is 0.387 e. The Bertz CT molecular complexity index is 1220. The van der Waals surface area contributed by atoms with Crippen LogP contribution in [0.1, 0.15) is 12.8 Å². The maximum Gasteiger partial charge on any atom is 0.387 e. The van der Waals surface area contributed by atoms with Gasteiger partial charge in [-0.05, 0) is 48.6 Å². The van der Waals surface area contributed by atoms with Crippen molar-refractivity contribution < 1.29 is 13.5 Å². The number of hydrogen-bond acceptors (Lipinski definition) is 5. The molecule has 1 aliphatic rings. The molecule has 0 amide bonds. The Morgan fingerprint density at radius 2 is 1.97 bits per heavy atom. The van der Waals surface area contributed by atoms with Crippen LogP contribution in [0.2, 0.25) is 0 Å². The van der Waals surface area contributed by atoms with E-state index < -0.39 is 6.61 Å². The predicted molar refractivity (Wildman–Crippen MR) is 115 cm³/mol. The number of halogens is 2. The zero-order valence-corrected chi connectivity index (χ0v) is 16.9. The van der Waals surface area contributed by atoms with Crippen LogP contribution in [0.25, 0.3) is 22.2 Å². The van der Waals surface area contributed by atoms with E-state index in [1.165, 1.54) is 6.07 Å². The molecule has 0 unspecified atom stereocenters. The first-order chi connectivity index (χ1) is 15.0. The van der Waals surface area contributed by atoms with E-state index in [2.05, 4.69) is 14.8 Å². The average Bonchev–Trinajstić information content (AvgIpc) is 3.48. The van der Waals surface area contributed by atoms with Crippen LogP contribution in [0.15, 0.2) is 61.1 Å². The molecule has 0 aliphatic heterocycles. The largest absolute Gasteiger partial charge is 0.435 e. The molecule has 0 saturated heterocycles. The minimum atomic E-state index is -2.86. The number of alkyl halides is 2. The first-order valence-electron chi connectivity index (χ1n) is 10.1. The molecule has 2 heterocycles. The van der Waals surface area contributed by atoms with Crippen molar-refractivity contribution in [2.75, 3.05) is 11.4 Å². The Hall–Kier alpha value is -3.55. The monoisotopic (exact) mass is 421 g/mol. The second-order valence-electron chi connectivity index (χ2n) is 7.76. The number of rotatable bonds is 7. The van der Waals surface area contributed by atoms with E-state index in [0.717, 1.165) is 47.2 Å². The molecular weight excluding hydrogens is 400 g/mol. The molecular formula is C23H21F2N5O. The van der Waals surface area contributed by atoms with Crippen molar-refractivity contribution in [2.24, 2.45) is 13.0 Å². The van der Waals surface area contributed by atoms with Gasteiger partial charge in [-0.25, -0.2) is 4.98 Å². The van der Waals surface area contributed by atoms with Gasteiger partial charge in [-0.1, -0.05) is 12.1 Å². The summed E-state index contributed by atoms with van der Waals surface area (Å²) < 4.78 is 31.7. The first-order valence-corrected chi connectivity index (χ1v) is 10.1. The lowest BCUT2D eigenvalue weighted by Gasteiger charge is -2.24. The van der Waals surface area contributed by atoms with Crippen LogP contribution in [-0.2, 0) is 7.05 Å². The molecule has 0 atom stereocenters. The van der Waals surface area contributed by atoms with Crippen LogP contribution < -0.4 is 9.64 Å². The summed E-state index contributed by atoms with van der Waals surface area (Å²) in [6.45, 7) is -2.11. The normalized spacial score (nSPS) is 13.7. The van der Waals surface area contributed by atoms with E-state index in [0.29, 0.717) is 11.7 Å². The summed E-state index contributed by atoms with van der Waals surface area (Å²) in [4.78, 5) is 11.5. The maximum absolute atomic E-state index is 12.7. The van der Waals surface area contributed by atoms with E-state index in [1.54, 1.807) is 23.0 Å². The third kappa shape index (κ3) is 4.33. The highest BCUT2D eigenvalue weighted by Gasteiger charge is 2.26. The molecule has 6 nitrogen and oxygen atoms in total. The lowest BCUT2D eigenvalue weighted by molar-refractivity contribution is -0.0498. The highest BCUT2D eigenvalue weighted by Crippen LogP contribution is 2.36. The molecule has 0 radical (unpaired) electrons. The summed E-state index contributed by atoms with van der Waals surface area (Å²) in [5.74, 6) is 1.36. The fourth-order valence-electron chi connectivity index (χ4n) is 3.60. The number of anilines is 2. The van der Waals surface area contributed by atoms with Crippen molar-refractivity contribution in [2.45, 2.75) is 19.5 Å². The van der Waals surface area contributed by atoms with Crippen molar-refractivity contribution in [3.8, 4) is 16.9 Å². The average molecular weight is 421 g/mol. The molecule has 5 rings (SSSR count). The molecule has 158 valence electrons. The lowest BCUT2D eigenvalue weighted by Crippen LogP contribution is -2.21. The van der Waals surface area contributed by atoms with Gasteiger partial charge in [0, 0.05) is 37.1 Å². The van der Waals surface area contributed by atoms with Crippen molar-refractivity contribution >= 4 is 22.5 Å². The van der Waals surface area contributed by atoms with E-state index in [9.17, 15) is 8.78 Å². The standard InChI is InChI=1S/C23H21F2N5O/c1-29-14-17(11-27-29)16-7-8-20-21(9-16)28-22(12-26-20)30(13-15-5-6-15)18-3-2-4-19(10-18)31-23(24)25/h2-4,7-12,14-15,23H,5-6,13H2,1H3. The van der Waals surface area contributed by atoms with Crippen LogP contribution in [-0.4, -0.2) is 32.9 Å². The summed E-state index contributed by atoms with van der Waals surface area (Å²) >= 11 is 0. The topological polar surface area (TPSA) is 56.1 Å². The summed E-state index contributed by atoms with van der Waals surface area (Å²) in [6, 6.07) is 12.7. The van der Waals surface area contributed by atoms with E-state index in [1.807, 2.05) is 48.6 Å². The van der Waals surface area contributed by atoms with Crippen molar-refractivity contribution in [1.29, 1.82) is 0 Å². The van der Waals surface area contributed by atoms with Crippen molar-refractivity contribution in [3.05, 3.63) is 61.1 Å². The van der Waals surface area contributed by atoms with Crippen LogP contribution in [0, 0.1) is 5.92 Å². The highest BCUT2D eigenvalue weighted by molar-refractivity contribution is 5.82. The van der Waals surface area contributed by atoms with Crippen molar-refractivity contribution in [3.63, 3.8) is 0 Å². The van der Waals surface area contributed by atoms with E-state index in [-0.39, 0.29) is 5.75 Å². The molecule has 0 N–H and O–H groups in total. The van der Waals surface area contributed by atoms with E-state index >= 15 is 0 Å². The van der Waals surface area contributed by atoms with Gasteiger partial charge in [-0.3, -0.25) is 9.67 Å². The third-order valence-corrected chi connectivity index (χ3v) is 5.34. The van der Waals surface area contributed by atoms with Gasteiger partial charge >= 0.3 is 6.61 Å². The molecule has 8 heteroatoms. The van der Waals surface area contributed by atoms with Gasteiger partial charge in [0.2, 0.25) is 0 Å². The number of fused-ring (bicyclic) bond motifs is 1. The summed E-state index contributed by atoms with van der Waals surface area (Å²) in [5, 5.41) is 4.23. The second-order valence-corrected chi connectivity index (χ2v) is 7.76. The molecule has 0 spiro atoms. The second kappa shape index (κ2) is 7.94. The molecule has 1 aliphatic carbocycles. The molecule has 4 aromatic rings. The number of aryl methyl sites for hydroxylation is 1. The summed E-state index contributed by atoms with van der Waals surface area (Å²) in [7, 11) is 1.88. The SMILES string of the molecule is Cn1cc(-c2ccc3ncc(N(CC4CC4)c4cccc(OC(F)F)c4)nc3c2)cn1. The maximum atomic E-state index is 12.7. The minimum absolute atomic E-state index is 0.126. The van der Waals surface area contributed by atoms with Gasteiger partial charge in [0.05, 0.1) is 23.4 Å². The number of aromatic nitrogens is 4. The van der Waals surface area contributed by atoms with Gasteiger partial charge in [-0.15, -0.1) is 0 Å². The predicted octanol–water partition coefficient (Wildman–Crippen LogP) is 5.18. The zero-order chi connectivity index (χ0) is 21.4. The van der Waals surface area contributed by atoms with E-state index in [4.69, 9.17) is 4.98 Å². The Morgan fingerprint density at radius 1 is 1.10 bits per heavy atom. The number of benzene rings is 2.